The number of benzene rings is 2. The Morgan fingerprint density at radius 3 is 1.94 bits per heavy atom. The summed E-state index contributed by atoms with van der Waals surface area (Å²) in [6.45, 7) is 11.7. The first-order chi connectivity index (χ1) is 15.8. The molecule has 1 aliphatic heterocycles. The molecule has 2 N–H and O–H groups in total. The predicted octanol–water partition coefficient (Wildman–Crippen LogP) is 3.83. The van der Waals surface area contributed by atoms with E-state index in [0.29, 0.717) is 30.4 Å². The summed E-state index contributed by atoms with van der Waals surface area (Å²) in [5, 5.41) is 15.3. The fourth-order valence-electron chi connectivity index (χ4n) is 2.53. The van der Waals surface area contributed by atoms with Gasteiger partial charge in [0.2, 0.25) is 11.1 Å². The van der Waals surface area contributed by atoms with Crippen molar-refractivity contribution in [3.05, 3.63) is 53.0 Å². The summed E-state index contributed by atoms with van der Waals surface area (Å²) in [5.74, 6) is 1.27. The van der Waals surface area contributed by atoms with Gasteiger partial charge in [0.05, 0.1) is 24.2 Å². The minimum atomic E-state index is -4.27. The maximum atomic E-state index is 10.4. The number of piperazine rings is 1. The Labute approximate surface area is 196 Å². The molecule has 0 atom stereocenters. The van der Waals surface area contributed by atoms with Gasteiger partial charge in [0.1, 0.15) is 15.9 Å². The zero-order chi connectivity index (χ0) is 24.5. The second kappa shape index (κ2) is 16.0. The molecule has 0 aromatic heterocycles. The van der Waals surface area contributed by atoms with Crippen LogP contribution in [0, 0.1) is 12.3 Å². The summed E-state index contributed by atoms with van der Waals surface area (Å²) in [6, 6.07) is 11.0. The molecule has 0 saturated carbocycles. The van der Waals surface area contributed by atoms with Gasteiger partial charge < -0.3 is 24.7 Å². The van der Waals surface area contributed by atoms with E-state index < -0.39 is 10.1 Å². The lowest BCUT2D eigenvalue weighted by molar-refractivity contribution is 0.310. The van der Waals surface area contributed by atoms with Crippen LogP contribution < -0.4 is 20.1 Å². The molecule has 2 aromatic rings. The van der Waals surface area contributed by atoms with Gasteiger partial charge in [0.15, 0.2) is 4.98 Å². The summed E-state index contributed by atoms with van der Waals surface area (Å²) in [6.07, 6.45) is 1.86. The van der Waals surface area contributed by atoms with Crippen LogP contribution in [0.1, 0.15) is 32.3 Å². The van der Waals surface area contributed by atoms with Crippen LogP contribution in [0.3, 0.4) is 0 Å². The monoisotopic (exact) mass is 478 g/mol. The number of hydrogen-bond acceptors (Lipinski definition) is 8. The molecule has 0 amide bonds. The highest BCUT2D eigenvalue weighted by Crippen LogP contribution is 2.31. The molecule has 1 fully saturated rings. The Morgan fingerprint density at radius 2 is 1.48 bits per heavy atom. The van der Waals surface area contributed by atoms with E-state index in [2.05, 4.69) is 15.6 Å². The molecule has 10 heteroatoms. The molecule has 0 spiro atoms. The zero-order valence-electron chi connectivity index (χ0n) is 19.5. The summed E-state index contributed by atoms with van der Waals surface area (Å²) in [4.78, 5) is 3.01. The topological polar surface area (TPSA) is 128 Å². The zero-order valence-corrected chi connectivity index (χ0v) is 20.4. The van der Waals surface area contributed by atoms with Gasteiger partial charge in [0.25, 0.3) is 0 Å². The highest BCUT2D eigenvalue weighted by Gasteiger charge is 2.16. The summed E-state index contributed by atoms with van der Waals surface area (Å²) in [5.41, 5.74) is 1.33. The Kier molecular flexibility index (Phi) is 13.7. The average molecular weight is 479 g/mol. The Bertz CT molecular complexity index is 944. The molecule has 3 rings (SSSR count). The molecule has 0 bridgehead atoms. The van der Waals surface area contributed by atoms with Crippen molar-refractivity contribution in [2.24, 2.45) is 0 Å². The molecule has 1 heterocycles. The van der Waals surface area contributed by atoms with Crippen LogP contribution in [0.4, 0.5) is 5.69 Å². The summed E-state index contributed by atoms with van der Waals surface area (Å²) in [7, 11) is -4.27. The van der Waals surface area contributed by atoms with Gasteiger partial charge in [-0.15, -0.1) is 0 Å². The highest BCUT2D eigenvalue weighted by molar-refractivity contribution is 7.85. The predicted molar refractivity (Wildman–Crippen MR) is 128 cm³/mol. The Morgan fingerprint density at radius 1 is 0.939 bits per heavy atom. The molecule has 9 nitrogen and oxygen atoms in total. The fourth-order valence-corrected chi connectivity index (χ4v) is 3.00. The summed E-state index contributed by atoms with van der Waals surface area (Å²) >= 11 is 0. The van der Waals surface area contributed by atoms with Crippen LogP contribution in [0.2, 0.25) is 0 Å². The number of ether oxygens (including phenoxy) is 2. The lowest BCUT2D eigenvalue weighted by Crippen LogP contribution is -2.39. The van der Waals surface area contributed by atoms with E-state index in [1.165, 1.54) is 12.1 Å². The second-order valence-electron chi connectivity index (χ2n) is 7.19. The molecule has 2 aromatic carbocycles. The van der Waals surface area contributed by atoms with Crippen LogP contribution in [-0.2, 0) is 10.1 Å². The van der Waals surface area contributed by atoms with Crippen molar-refractivity contribution in [2.75, 3.05) is 39.4 Å². The van der Waals surface area contributed by atoms with Crippen molar-refractivity contribution in [3.63, 3.8) is 0 Å². The van der Waals surface area contributed by atoms with E-state index in [0.717, 1.165) is 44.6 Å². The molecular formula is C23H34N4O5S. The average Bonchev–Trinajstić information content (AvgIpc) is 2.83. The smallest absolute Gasteiger partial charge is 0.429 e. The maximum Gasteiger partial charge on any atom is 0.429 e. The standard InChI is InChI=1S/C12H17N2O2.C7H8O3S.C4H10N2/c1-3-7-15-10-5-6-12(16-8-4-2)11(9-10)14-13;1-6-2-4-7(5-3-6)11(8,9)10;1-2-6-4-3-5-1/h5-6,9H,3-4,7-8H2,1-2H3;2-5H,1H3,(H,8,9,10);5-6H,1-4H2/q+1;;/p-1. The quantitative estimate of drug-likeness (QED) is 0.454. The minimum absolute atomic E-state index is 0.178. The van der Waals surface area contributed by atoms with Gasteiger partial charge in [-0.3, -0.25) is 0 Å². The third kappa shape index (κ3) is 12.2. The van der Waals surface area contributed by atoms with Crippen molar-refractivity contribution in [3.8, 4) is 11.5 Å². The van der Waals surface area contributed by atoms with E-state index in [1.54, 1.807) is 24.3 Å². The second-order valence-corrected chi connectivity index (χ2v) is 8.57. The first-order valence-corrected chi connectivity index (χ1v) is 12.4. The van der Waals surface area contributed by atoms with Crippen molar-refractivity contribution in [1.82, 2.24) is 10.6 Å². The van der Waals surface area contributed by atoms with E-state index in [-0.39, 0.29) is 4.90 Å². The molecule has 0 radical (unpaired) electrons. The van der Waals surface area contributed by atoms with Gasteiger partial charge in [0, 0.05) is 26.2 Å². The van der Waals surface area contributed by atoms with Crippen LogP contribution in [0.25, 0.3) is 4.98 Å². The van der Waals surface area contributed by atoms with Gasteiger partial charge in [-0.25, -0.2) is 8.42 Å². The molecule has 0 unspecified atom stereocenters. The van der Waals surface area contributed by atoms with Crippen molar-refractivity contribution in [1.29, 1.82) is 5.39 Å². The third-order valence-electron chi connectivity index (χ3n) is 4.24. The SMILES string of the molecule is C1CNCCN1.CCCOc1ccc(OCCC)c([N+]#N)c1.Cc1ccc(S(=O)(=O)[O-])cc1. The van der Waals surface area contributed by atoms with Crippen LogP contribution in [0.15, 0.2) is 47.4 Å². The van der Waals surface area contributed by atoms with E-state index in [1.807, 2.05) is 26.8 Å². The molecule has 1 saturated heterocycles. The first kappa shape index (κ1) is 28.3. The van der Waals surface area contributed by atoms with Crippen molar-refractivity contribution < 1.29 is 22.4 Å². The van der Waals surface area contributed by atoms with Gasteiger partial charge >= 0.3 is 5.69 Å². The van der Waals surface area contributed by atoms with Crippen LogP contribution in [0.5, 0.6) is 11.5 Å². The van der Waals surface area contributed by atoms with Crippen LogP contribution >= 0.6 is 0 Å². The van der Waals surface area contributed by atoms with E-state index in [9.17, 15) is 13.0 Å². The lowest BCUT2D eigenvalue weighted by Gasteiger charge is -2.11. The number of nitrogens with one attached hydrogen (secondary N) is 2. The summed E-state index contributed by atoms with van der Waals surface area (Å²) < 4.78 is 42.0. The largest absolute Gasteiger partial charge is 0.744 e. The number of diazo groups is 1. The normalized spacial score (nSPS) is 12.8. The molecular weight excluding hydrogens is 444 g/mol. The lowest BCUT2D eigenvalue weighted by atomic mass is 10.2. The molecule has 182 valence electrons. The van der Waals surface area contributed by atoms with Gasteiger partial charge in [-0.05, 0) is 44.0 Å². The number of aryl methyl sites for hydroxylation is 1. The van der Waals surface area contributed by atoms with Gasteiger partial charge in [-0.1, -0.05) is 31.5 Å². The van der Waals surface area contributed by atoms with Crippen LogP contribution in [-0.4, -0.2) is 52.4 Å². The molecule has 33 heavy (non-hydrogen) atoms. The third-order valence-corrected chi connectivity index (χ3v) is 5.09. The van der Waals surface area contributed by atoms with Crippen molar-refractivity contribution >= 4 is 15.8 Å². The van der Waals surface area contributed by atoms with Gasteiger partial charge in [-0.2, -0.15) is 0 Å². The Balaban J connectivity index is 0.000000274. The fraction of sp³-hybridized carbons (Fsp3) is 0.478. The Hall–Kier alpha value is -2.71. The molecule has 0 aliphatic carbocycles. The number of nitrogens with zero attached hydrogens (tertiary/aromatic N) is 2. The number of hydrogen-bond donors (Lipinski definition) is 2. The van der Waals surface area contributed by atoms with Crippen molar-refractivity contribution in [2.45, 2.75) is 38.5 Å². The first-order valence-electron chi connectivity index (χ1n) is 11.0. The van der Waals surface area contributed by atoms with E-state index in [4.69, 9.17) is 14.9 Å². The molecule has 1 aliphatic rings. The maximum absolute atomic E-state index is 10.4. The highest BCUT2D eigenvalue weighted by atomic mass is 32.2. The van der Waals surface area contributed by atoms with E-state index >= 15 is 0 Å². The minimum Gasteiger partial charge on any atom is -0.744 e. The number of rotatable bonds is 7.